The van der Waals surface area contributed by atoms with E-state index in [1.165, 1.54) is 13.2 Å². The number of alkyl halides is 1. The fraction of sp³-hybridized carbons (Fsp3) is 0.231. The molecule has 0 bridgehead atoms. The van der Waals surface area contributed by atoms with Crippen LogP contribution < -0.4 is 4.74 Å². The molecule has 3 unspecified atom stereocenters. The monoisotopic (exact) mass is 463 g/mol. The third-order valence-electron chi connectivity index (χ3n) is 6.18. The molecule has 33 heavy (non-hydrogen) atoms. The van der Waals surface area contributed by atoms with Gasteiger partial charge in [0.1, 0.15) is 11.4 Å². The third kappa shape index (κ3) is 3.86. The predicted octanol–water partition coefficient (Wildman–Crippen LogP) is 4.82. The summed E-state index contributed by atoms with van der Waals surface area (Å²) in [6, 6.07) is 14.0. The molecule has 0 radical (unpaired) electrons. The van der Waals surface area contributed by atoms with Gasteiger partial charge in [0.05, 0.1) is 10.6 Å². The van der Waals surface area contributed by atoms with Crippen molar-refractivity contribution < 1.29 is 22.3 Å². The Bertz CT molecular complexity index is 1380. The number of para-hydroxylation sites is 1. The molecule has 1 aliphatic heterocycles. The van der Waals surface area contributed by atoms with Gasteiger partial charge in [-0.1, -0.05) is 42.5 Å². The van der Waals surface area contributed by atoms with Crippen molar-refractivity contribution in [1.29, 1.82) is 0 Å². The summed E-state index contributed by atoms with van der Waals surface area (Å²) in [5.41, 5.74) is 4.77. The van der Waals surface area contributed by atoms with Crippen LogP contribution in [0.15, 0.2) is 87.9 Å². The van der Waals surface area contributed by atoms with Gasteiger partial charge in [-0.15, -0.1) is 0 Å². The molecule has 5 nitrogen and oxygen atoms in total. The molecule has 2 aromatic carbocycles. The second kappa shape index (κ2) is 7.92. The van der Waals surface area contributed by atoms with Gasteiger partial charge in [-0.2, -0.15) is 0 Å². The number of hydrogen-bond acceptors (Lipinski definition) is 5. The second-order valence-corrected chi connectivity index (χ2v) is 10.5. The van der Waals surface area contributed by atoms with E-state index in [9.17, 15) is 17.6 Å². The van der Waals surface area contributed by atoms with Crippen LogP contribution in [0.25, 0.3) is 5.57 Å². The molecule has 2 aromatic rings. The molecule has 5 rings (SSSR count). The van der Waals surface area contributed by atoms with Crippen LogP contribution in [0.4, 0.5) is 4.39 Å². The minimum atomic E-state index is -3.27. The quantitative estimate of drug-likeness (QED) is 0.637. The highest BCUT2D eigenvalue weighted by Crippen LogP contribution is 2.50. The number of halogens is 1. The molecule has 0 N–H and O–H groups in total. The highest BCUT2D eigenvalue weighted by molar-refractivity contribution is 7.90. The zero-order chi connectivity index (χ0) is 23.3. The average molecular weight is 464 g/mol. The van der Waals surface area contributed by atoms with Crippen molar-refractivity contribution in [3.8, 4) is 5.75 Å². The molecule has 2 aliphatic carbocycles. The van der Waals surface area contributed by atoms with Crippen LogP contribution >= 0.6 is 0 Å². The summed E-state index contributed by atoms with van der Waals surface area (Å²) in [5.74, 6) is -0.0209. The van der Waals surface area contributed by atoms with E-state index in [0.717, 1.165) is 28.0 Å². The van der Waals surface area contributed by atoms with Crippen molar-refractivity contribution in [3.63, 3.8) is 0 Å². The van der Waals surface area contributed by atoms with E-state index in [2.05, 4.69) is 11.1 Å². The van der Waals surface area contributed by atoms with Crippen LogP contribution in [0.2, 0.25) is 0 Å². The minimum Gasteiger partial charge on any atom is -0.460 e. The maximum Gasteiger partial charge on any atom is 0.235 e. The van der Waals surface area contributed by atoms with Crippen LogP contribution in [0, 0.1) is 5.92 Å². The van der Waals surface area contributed by atoms with Crippen LogP contribution in [0.5, 0.6) is 5.75 Å². The molecular formula is C26H22FNO4S. The molecule has 7 heteroatoms. The number of fused-ring (bicyclic) bond motifs is 2. The number of Topliss-reactive ketones (excluding diaryl/α,β-unsaturated/α-hetero) is 1. The number of rotatable bonds is 5. The van der Waals surface area contributed by atoms with Crippen molar-refractivity contribution in [2.24, 2.45) is 10.9 Å². The fourth-order valence-electron chi connectivity index (χ4n) is 4.71. The molecule has 1 heterocycles. The van der Waals surface area contributed by atoms with Gasteiger partial charge in [0.2, 0.25) is 6.36 Å². The number of ether oxygens (including phenoxy) is 1. The van der Waals surface area contributed by atoms with Crippen molar-refractivity contribution in [2.75, 3.05) is 6.26 Å². The lowest BCUT2D eigenvalue weighted by molar-refractivity contribution is -0.115. The van der Waals surface area contributed by atoms with Crippen LogP contribution in [-0.2, 0) is 14.6 Å². The summed E-state index contributed by atoms with van der Waals surface area (Å²) in [4.78, 5) is 17.7. The van der Waals surface area contributed by atoms with Gasteiger partial charge in [0.25, 0.3) is 0 Å². The number of ketones is 1. The first-order valence-corrected chi connectivity index (χ1v) is 12.6. The fourth-order valence-corrected chi connectivity index (χ4v) is 5.34. The van der Waals surface area contributed by atoms with E-state index in [1.807, 2.05) is 24.3 Å². The van der Waals surface area contributed by atoms with Gasteiger partial charge >= 0.3 is 0 Å². The highest BCUT2D eigenvalue weighted by Gasteiger charge is 2.43. The lowest BCUT2D eigenvalue weighted by Gasteiger charge is -2.24. The van der Waals surface area contributed by atoms with Gasteiger partial charge in [0.15, 0.2) is 15.6 Å². The van der Waals surface area contributed by atoms with Gasteiger partial charge < -0.3 is 4.74 Å². The Labute approximate surface area is 191 Å². The Kier molecular flexibility index (Phi) is 5.16. The van der Waals surface area contributed by atoms with Gasteiger partial charge in [-0.3, -0.25) is 4.79 Å². The SMILES string of the molecule is CC(F)Oc1ccccc1C1CC(=O)C2=C1C1C=C(c3ccc(S(C)(=O)=O)cc3)C=CC1=N2. The van der Waals surface area contributed by atoms with Crippen molar-refractivity contribution in [3.05, 3.63) is 89.2 Å². The van der Waals surface area contributed by atoms with Crippen LogP contribution in [0.3, 0.4) is 0 Å². The number of benzene rings is 2. The van der Waals surface area contributed by atoms with E-state index in [4.69, 9.17) is 4.74 Å². The number of aliphatic imine (C=N–C) groups is 1. The molecule has 0 amide bonds. The maximum absolute atomic E-state index is 13.6. The lowest BCUT2D eigenvalue weighted by Crippen LogP contribution is -2.17. The second-order valence-electron chi connectivity index (χ2n) is 8.45. The largest absolute Gasteiger partial charge is 0.460 e. The Morgan fingerprint density at radius 2 is 1.82 bits per heavy atom. The Balaban J connectivity index is 1.52. The molecule has 0 saturated carbocycles. The minimum absolute atomic E-state index is 0.0270. The molecule has 0 aromatic heterocycles. The molecule has 3 atom stereocenters. The standard InChI is InChI=1S/C26H22FNO4S/c1-15(27)32-24-6-4-3-5-19(24)20-14-23(29)26-25(20)21-13-17(9-12-22(21)28-26)16-7-10-18(11-8-16)33(2,30)31/h3-13,15,20-21H,14H2,1-2H3. The summed E-state index contributed by atoms with van der Waals surface area (Å²) < 4.78 is 42.6. The predicted molar refractivity (Wildman–Crippen MR) is 125 cm³/mol. The molecule has 0 saturated heterocycles. The Morgan fingerprint density at radius 1 is 1.09 bits per heavy atom. The molecular weight excluding hydrogens is 441 g/mol. The van der Waals surface area contributed by atoms with E-state index >= 15 is 0 Å². The van der Waals surface area contributed by atoms with Gasteiger partial charge in [0, 0.05) is 37.0 Å². The third-order valence-corrected chi connectivity index (χ3v) is 7.31. The number of carbonyl (C=O) groups is 1. The first kappa shape index (κ1) is 21.5. The number of allylic oxidation sites excluding steroid dienone is 6. The number of hydrogen-bond donors (Lipinski definition) is 0. The van der Waals surface area contributed by atoms with Crippen molar-refractivity contribution >= 4 is 26.9 Å². The van der Waals surface area contributed by atoms with E-state index in [-0.39, 0.29) is 28.9 Å². The van der Waals surface area contributed by atoms with E-state index < -0.39 is 16.2 Å². The van der Waals surface area contributed by atoms with Crippen molar-refractivity contribution in [1.82, 2.24) is 0 Å². The lowest BCUT2D eigenvalue weighted by atomic mass is 9.80. The zero-order valence-electron chi connectivity index (χ0n) is 18.2. The molecule has 0 spiro atoms. The van der Waals surface area contributed by atoms with Crippen molar-refractivity contribution in [2.45, 2.75) is 30.5 Å². The normalized spacial score (nSPS) is 22.6. The van der Waals surface area contributed by atoms with Crippen LogP contribution in [0.1, 0.15) is 30.4 Å². The molecule has 0 fully saturated rings. The van der Waals surface area contributed by atoms with Crippen LogP contribution in [-0.4, -0.2) is 32.5 Å². The zero-order valence-corrected chi connectivity index (χ0v) is 19.0. The number of sulfone groups is 1. The summed E-state index contributed by atoms with van der Waals surface area (Å²) in [6.07, 6.45) is 5.87. The smallest absolute Gasteiger partial charge is 0.235 e. The molecule has 168 valence electrons. The summed E-state index contributed by atoms with van der Waals surface area (Å²) in [5, 5.41) is 0. The average Bonchev–Trinajstić information content (AvgIpc) is 3.30. The maximum atomic E-state index is 13.6. The Hall–Kier alpha value is -3.32. The highest BCUT2D eigenvalue weighted by atomic mass is 32.2. The number of carbonyl (C=O) groups excluding carboxylic acids is 1. The summed E-state index contributed by atoms with van der Waals surface area (Å²) >= 11 is 0. The first-order valence-electron chi connectivity index (χ1n) is 10.7. The van der Waals surface area contributed by atoms with Gasteiger partial charge in [-0.05, 0) is 41.0 Å². The molecule has 3 aliphatic rings. The summed E-state index contributed by atoms with van der Waals surface area (Å²) in [7, 11) is -3.27. The topological polar surface area (TPSA) is 72.8 Å². The summed E-state index contributed by atoms with van der Waals surface area (Å²) in [6.45, 7) is 1.33. The van der Waals surface area contributed by atoms with E-state index in [0.29, 0.717) is 11.4 Å². The number of nitrogens with zero attached hydrogens (tertiary/aromatic N) is 1. The van der Waals surface area contributed by atoms with E-state index in [1.54, 1.807) is 36.4 Å². The first-order chi connectivity index (χ1) is 15.7. The Morgan fingerprint density at radius 3 is 2.52 bits per heavy atom. The van der Waals surface area contributed by atoms with Gasteiger partial charge in [-0.25, -0.2) is 17.8 Å².